The van der Waals surface area contributed by atoms with E-state index in [2.05, 4.69) is 27.9 Å². The van der Waals surface area contributed by atoms with Crippen LogP contribution in [0.2, 0.25) is 0 Å². The van der Waals surface area contributed by atoms with Gasteiger partial charge < -0.3 is 15.1 Å². The van der Waals surface area contributed by atoms with Crippen molar-refractivity contribution in [2.45, 2.75) is 43.8 Å². The maximum absolute atomic E-state index is 6.37. The van der Waals surface area contributed by atoms with Crippen LogP contribution in [0, 0.1) is 5.92 Å². The van der Waals surface area contributed by atoms with E-state index >= 15 is 0 Å². The Hall–Kier alpha value is -0.320. The van der Waals surface area contributed by atoms with Gasteiger partial charge in [0.2, 0.25) is 0 Å². The van der Waals surface area contributed by atoms with Crippen LogP contribution in [-0.4, -0.2) is 24.0 Å². The number of furan rings is 1. The van der Waals surface area contributed by atoms with Gasteiger partial charge in [-0.15, -0.1) is 0 Å². The van der Waals surface area contributed by atoms with Crippen molar-refractivity contribution in [3.05, 3.63) is 22.6 Å². The molecule has 2 bridgehead atoms. The lowest BCUT2D eigenvalue weighted by atomic mass is 9.84. The maximum atomic E-state index is 6.37. The molecule has 3 heterocycles. The summed E-state index contributed by atoms with van der Waals surface area (Å²) >= 11 is 3.51. The van der Waals surface area contributed by atoms with E-state index in [9.17, 15) is 0 Å². The van der Waals surface area contributed by atoms with Crippen LogP contribution in [0.15, 0.2) is 21.2 Å². The zero-order valence-electron chi connectivity index (χ0n) is 10.1. The molecule has 2 fully saturated rings. The fraction of sp³-hybridized carbons (Fsp3) is 0.692. The van der Waals surface area contributed by atoms with Crippen molar-refractivity contribution in [2.24, 2.45) is 11.7 Å². The van der Waals surface area contributed by atoms with E-state index in [4.69, 9.17) is 10.2 Å². The third-order valence-corrected chi connectivity index (χ3v) is 5.25. The molecule has 2 aliphatic heterocycles. The van der Waals surface area contributed by atoms with Crippen molar-refractivity contribution < 1.29 is 4.42 Å². The van der Waals surface area contributed by atoms with Crippen LogP contribution in [0.1, 0.15) is 37.5 Å². The molecule has 0 saturated carbocycles. The highest BCUT2D eigenvalue weighted by molar-refractivity contribution is 9.10. The van der Waals surface area contributed by atoms with Gasteiger partial charge in [0.1, 0.15) is 5.76 Å². The molecule has 4 heteroatoms. The van der Waals surface area contributed by atoms with Crippen LogP contribution in [0.3, 0.4) is 0 Å². The topological polar surface area (TPSA) is 42.4 Å². The minimum Gasteiger partial charge on any atom is -0.466 e. The minimum atomic E-state index is 0.0381. The van der Waals surface area contributed by atoms with Crippen LogP contribution >= 0.6 is 15.9 Å². The number of hydrogen-bond acceptors (Lipinski definition) is 3. The van der Waals surface area contributed by atoms with Crippen LogP contribution < -0.4 is 5.73 Å². The first kappa shape index (κ1) is 11.8. The van der Waals surface area contributed by atoms with E-state index < -0.39 is 0 Å². The molecule has 2 N–H and O–H groups in total. The summed E-state index contributed by atoms with van der Waals surface area (Å²) in [6.45, 7) is 0. The lowest BCUT2D eigenvalue weighted by Gasteiger charge is -2.38. The second-order valence-electron chi connectivity index (χ2n) is 5.44. The number of fused-ring (bicyclic) bond motifs is 2. The summed E-state index contributed by atoms with van der Waals surface area (Å²) in [4.78, 5) is 2.54. The van der Waals surface area contributed by atoms with E-state index in [0.717, 1.165) is 22.3 Å². The predicted molar refractivity (Wildman–Crippen MR) is 70.6 cm³/mol. The van der Waals surface area contributed by atoms with E-state index in [1.807, 2.05) is 6.07 Å². The Bertz CT molecular complexity index is 392. The summed E-state index contributed by atoms with van der Waals surface area (Å²) in [5.41, 5.74) is 6.37. The Morgan fingerprint density at radius 3 is 2.59 bits per heavy atom. The second kappa shape index (κ2) is 4.41. The molecule has 94 valence electrons. The Balaban J connectivity index is 1.76. The Morgan fingerprint density at radius 2 is 2.06 bits per heavy atom. The second-order valence-corrected chi connectivity index (χ2v) is 6.29. The lowest BCUT2D eigenvalue weighted by molar-refractivity contribution is 0.116. The van der Waals surface area contributed by atoms with Gasteiger partial charge in [-0.3, -0.25) is 0 Å². The Kier molecular flexibility index (Phi) is 3.05. The van der Waals surface area contributed by atoms with Crippen molar-refractivity contribution >= 4 is 15.9 Å². The third kappa shape index (κ3) is 1.96. The molecule has 3 atom stereocenters. The van der Waals surface area contributed by atoms with Gasteiger partial charge in [-0.05, 0) is 60.6 Å². The molecule has 17 heavy (non-hydrogen) atoms. The zero-order valence-corrected chi connectivity index (χ0v) is 11.7. The Labute approximate surface area is 110 Å². The van der Waals surface area contributed by atoms with E-state index in [0.29, 0.717) is 5.92 Å². The molecule has 1 aromatic rings. The molecule has 0 radical (unpaired) electrons. The molecule has 2 saturated heterocycles. The van der Waals surface area contributed by atoms with Crippen molar-refractivity contribution in [1.29, 1.82) is 0 Å². The average molecular weight is 299 g/mol. The fourth-order valence-electron chi connectivity index (χ4n) is 3.50. The highest BCUT2D eigenvalue weighted by atomic mass is 79.9. The monoisotopic (exact) mass is 298 g/mol. The quantitative estimate of drug-likeness (QED) is 0.913. The number of hydrogen-bond donors (Lipinski definition) is 1. The number of nitrogens with two attached hydrogens (primary N) is 1. The predicted octanol–water partition coefficient (Wildman–Crippen LogP) is 2.91. The van der Waals surface area contributed by atoms with E-state index in [-0.39, 0.29) is 6.04 Å². The summed E-state index contributed by atoms with van der Waals surface area (Å²) < 4.78 is 6.52. The average Bonchev–Trinajstić information content (AvgIpc) is 2.79. The van der Waals surface area contributed by atoms with E-state index in [1.165, 1.54) is 25.7 Å². The smallest absolute Gasteiger partial charge is 0.134 e. The third-order valence-electron chi connectivity index (χ3n) is 4.59. The standard InChI is InChI=1S/C13H19BrN2O/c1-16-9-2-3-10(16)7-8(6-9)12(15)13-11(14)4-5-17-13/h4-5,8-10,12H,2-3,6-7,15H2,1H3. The number of piperidine rings is 1. The molecule has 3 nitrogen and oxygen atoms in total. The van der Waals surface area contributed by atoms with Crippen molar-refractivity contribution in [2.75, 3.05) is 7.05 Å². The first-order chi connectivity index (χ1) is 8.16. The van der Waals surface area contributed by atoms with Gasteiger partial charge in [0.25, 0.3) is 0 Å². The normalized spacial score (nSPS) is 35.1. The van der Waals surface area contributed by atoms with Gasteiger partial charge in [-0.25, -0.2) is 0 Å². The SMILES string of the molecule is CN1C2CCC1CC(C(N)c1occc1Br)C2. The first-order valence-corrected chi connectivity index (χ1v) is 7.16. The van der Waals surface area contributed by atoms with Crippen LogP contribution in [-0.2, 0) is 0 Å². The molecular formula is C13H19BrN2O. The fourth-order valence-corrected chi connectivity index (χ4v) is 3.97. The van der Waals surface area contributed by atoms with Crippen molar-refractivity contribution in [3.8, 4) is 0 Å². The van der Waals surface area contributed by atoms with Gasteiger partial charge in [0.15, 0.2) is 0 Å². The molecule has 0 amide bonds. The minimum absolute atomic E-state index is 0.0381. The molecule has 3 rings (SSSR count). The molecule has 0 aliphatic carbocycles. The molecule has 0 aromatic carbocycles. The van der Waals surface area contributed by atoms with Gasteiger partial charge in [-0.1, -0.05) is 0 Å². The summed E-state index contributed by atoms with van der Waals surface area (Å²) in [6.07, 6.45) is 6.80. The van der Waals surface area contributed by atoms with Gasteiger partial charge in [-0.2, -0.15) is 0 Å². The number of rotatable bonds is 2. The zero-order chi connectivity index (χ0) is 12.0. The summed E-state index contributed by atoms with van der Waals surface area (Å²) in [5.74, 6) is 1.48. The Morgan fingerprint density at radius 1 is 1.41 bits per heavy atom. The number of halogens is 1. The van der Waals surface area contributed by atoms with Gasteiger partial charge in [0, 0.05) is 12.1 Å². The molecule has 2 aliphatic rings. The van der Waals surface area contributed by atoms with E-state index in [1.54, 1.807) is 6.26 Å². The lowest BCUT2D eigenvalue weighted by Crippen LogP contribution is -2.42. The maximum Gasteiger partial charge on any atom is 0.134 e. The van der Waals surface area contributed by atoms with Crippen LogP contribution in [0.4, 0.5) is 0 Å². The van der Waals surface area contributed by atoms with Crippen molar-refractivity contribution in [3.63, 3.8) is 0 Å². The highest BCUT2D eigenvalue weighted by Gasteiger charge is 2.41. The van der Waals surface area contributed by atoms with Crippen LogP contribution in [0.5, 0.6) is 0 Å². The number of nitrogens with zero attached hydrogens (tertiary/aromatic N) is 1. The summed E-state index contributed by atoms with van der Waals surface area (Å²) in [7, 11) is 2.26. The highest BCUT2D eigenvalue weighted by Crippen LogP contribution is 2.42. The van der Waals surface area contributed by atoms with Gasteiger partial charge in [0.05, 0.1) is 16.8 Å². The first-order valence-electron chi connectivity index (χ1n) is 6.37. The molecule has 3 unspecified atom stereocenters. The van der Waals surface area contributed by atoms with Crippen molar-refractivity contribution in [1.82, 2.24) is 4.90 Å². The van der Waals surface area contributed by atoms with Gasteiger partial charge >= 0.3 is 0 Å². The molecule has 0 spiro atoms. The summed E-state index contributed by atoms with van der Waals surface area (Å²) in [5, 5.41) is 0. The molecular weight excluding hydrogens is 280 g/mol. The molecule has 1 aromatic heterocycles. The summed E-state index contributed by atoms with van der Waals surface area (Å²) in [6, 6.07) is 3.44. The van der Waals surface area contributed by atoms with Crippen LogP contribution in [0.25, 0.3) is 0 Å². The largest absolute Gasteiger partial charge is 0.466 e.